The van der Waals surface area contributed by atoms with Crippen LogP contribution in [0.2, 0.25) is 0 Å². The molecule has 6 heterocycles. The summed E-state index contributed by atoms with van der Waals surface area (Å²) in [4.78, 5) is 15.6. The van der Waals surface area contributed by atoms with Crippen molar-refractivity contribution in [1.82, 2.24) is 19.6 Å². The number of thiophene rings is 3. The van der Waals surface area contributed by atoms with Crippen LogP contribution in [0.1, 0.15) is 107 Å². The molecule has 3 aliphatic heterocycles. The molecular weight excluding hydrogens is 769 g/mol. The van der Waals surface area contributed by atoms with Gasteiger partial charge in [0.05, 0.1) is 13.2 Å². The lowest BCUT2D eigenvalue weighted by atomic mass is 9.90. The largest absolute Gasteiger partial charge is 0.379 e. The molecule has 0 spiro atoms. The van der Waals surface area contributed by atoms with Gasteiger partial charge in [-0.05, 0) is 142 Å². The molecule has 3 atom stereocenters. The molecule has 3 aromatic carbocycles. The minimum Gasteiger partial charge on any atom is -0.379 e. The molecule has 306 valence electrons. The zero-order valence-corrected chi connectivity index (χ0v) is 37.1. The second kappa shape index (κ2) is 18.1. The number of nitrogens with zero attached hydrogens (tertiary/aromatic N) is 4. The van der Waals surface area contributed by atoms with Crippen molar-refractivity contribution in [3.05, 3.63) is 104 Å². The van der Waals surface area contributed by atoms with Gasteiger partial charge in [-0.1, -0.05) is 61.0 Å². The van der Waals surface area contributed by atoms with Crippen LogP contribution < -0.4 is 0 Å². The van der Waals surface area contributed by atoms with Gasteiger partial charge >= 0.3 is 0 Å². The second-order valence-corrected chi connectivity index (χ2v) is 20.9. The first-order valence-electron chi connectivity index (χ1n) is 22.7. The number of rotatable bonds is 3. The quantitative estimate of drug-likeness (QED) is 0.177. The van der Waals surface area contributed by atoms with Crippen LogP contribution in [0.3, 0.4) is 0 Å². The summed E-state index contributed by atoms with van der Waals surface area (Å²) < 4.78 is 9.95. The first-order valence-corrected chi connectivity index (χ1v) is 25.1. The van der Waals surface area contributed by atoms with E-state index < -0.39 is 0 Å². The van der Waals surface area contributed by atoms with Crippen LogP contribution in [0.15, 0.2) is 72.8 Å². The lowest BCUT2D eigenvalue weighted by Gasteiger charge is -2.39. The molecule has 0 bridgehead atoms. The third-order valence-electron chi connectivity index (χ3n) is 14.1. The van der Waals surface area contributed by atoms with Crippen LogP contribution >= 0.6 is 34.0 Å². The molecule has 12 rings (SSSR count). The Labute approximate surface area is 358 Å². The summed E-state index contributed by atoms with van der Waals surface area (Å²) in [5.74, 6) is 0. The molecular formula is C50H62N4OS3. The molecule has 0 radical (unpaired) electrons. The molecule has 8 heteroatoms. The summed E-state index contributed by atoms with van der Waals surface area (Å²) >= 11 is 6.13. The highest BCUT2D eigenvalue weighted by molar-refractivity contribution is 7.20. The Hall–Kier alpha value is -2.66. The average molecular weight is 831 g/mol. The van der Waals surface area contributed by atoms with E-state index in [1.54, 1.807) is 31.3 Å². The van der Waals surface area contributed by atoms with E-state index in [9.17, 15) is 0 Å². The highest BCUT2D eigenvalue weighted by Gasteiger charge is 2.33. The molecule has 3 saturated heterocycles. The van der Waals surface area contributed by atoms with Gasteiger partial charge in [0.2, 0.25) is 0 Å². The van der Waals surface area contributed by atoms with Crippen molar-refractivity contribution in [2.45, 2.75) is 95.2 Å². The van der Waals surface area contributed by atoms with Crippen molar-refractivity contribution in [1.29, 1.82) is 0 Å². The van der Waals surface area contributed by atoms with E-state index in [0.29, 0.717) is 12.1 Å². The fourth-order valence-electron chi connectivity index (χ4n) is 11.0. The molecule has 3 fully saturated rings. The topological polar surface area (TPSA) is 22.2 Å². The van der Waals surface area contributed by atoms with E-state index in [0.717, 1.165) is 32.3 Å². The number of likely N-dealkylation sites (tertiary alicyclic amines) is 1. The number of piperazine rings is 1. The fourth-order valence-corrected chi connectivity index (χ4v) is 15.3. The van der Waals surface area contributed by atoms with Gasteiger partial charge in [-0.3, -0.25) is 14.7 Å². The predicted molar refractivity (Wildman–Crippen MR) is 249 cm³/mol. The lowest BCUT2D eigenvalue weighted by Crippen LogP contribution is -2.46. The van der Waals surface area contributed by atoms with Crippen molar-refractivity contribution < 1.29 is 4.74 Å². The van der Waals surface area contributed by atoms with Gasteiger partial charge in [0.25, 0.3) is 0 Å². The van der Waals surface area contributed by atoms with Crippen molar-refractivity contribution in [2.75, 3.05) is 72.6 Å². The van der Waals surface area contributed by atoms with Crippen molar-refractivity contribution in [3.8, 4) is 0 Å². The summed E-state index contributed by atoms with van der Waals surface area (Å²) in [5.41, 5.74) is 4.95. The highest BCUT2D eigenvalue weighted by atomic mass is 32.1. The van der Waals surface area contributed by atoms with Crippen molar-refractivity contribution >= 4 is 64.3 Å². The zero-order chi connectivity index (χ0) is 38.8. The smallest absolute Gasteiger partial charge is 0.0594 e. The van der Waals surface area contributed by atoms with E-state index in [-0.39, 0.29) is 0 Å². The number of morpholine rings is 1. The minimum absolute atomic E-state index is 0.644. The van der Waals surface area contributed by atoms with Gasteiger partial charge in [-0.15, -0.1) is 34.0 Å². The van der Waals surface area contributed by atoms with Gasteiger partial charge in [0.15, 0.2) is 0 Å². The summed E-state index contributed by atoms with van der Waals surface area (Å²) in [6, 6.07) is 28.9. The monoisotopic (exact) mass is 830 g/mol. The number of hydrogen-bond donors (Lipinski definition) is 0. The molecule has 3 aromatic heterocycles. The number of ether oxygens (including phenoxy) is 1. The van der Waals surface area contributed by atoms with Crippen LogP contribution in [0.25, 0.3) is 30.3 Å². The average Bonchev–Trinajstić information content (AvgIpc) is 3.99. The fraction of sp³-hybridized carbons (Fsp3) is 0.520. The Balaban J connectivity index is 0.000000106. The van der Waals surface area contributed by atoms with Crippen LogP contribution in [0.4, 0.5) is 0 Å². The first kappa shape index (κ1) is 39.5. The molecule has 58 heavy (non-hydrogen) atoms. The Morgan fingerprint density at radius 1 is 0.431 bits per heavy atom. The number of piperidine rings is 1. The Morgan fingerprint density at radius 2 is 0.810 bits per heavy atom. The van der Waals surface area contributed by atoms with E-state index >= 15 is 0 Å². The van der Waals surface area contributed by atoms with Gasteiger partial charge in [0, 0.05) is 86.1 Å². The molecule has 0 saturated carbocycles. The number of hydrogen-bond acceptors (Lipinski definition) is 8. The number of aryl methyl sites for hydroxylation is 3. The van der Waals surface area contributed by atoms with E-state index in [1.165, 1.54) is 147 Å². The van der Waals surface area contributed by atoms with Gasteiger partial charge in [-0.25, -0.2) is 0 Å². The van der Waals surface area contributed by atoms with E-state index in [2.05, 4.69) is 111 Å². The third kappa shape index (κ3) is 8.10. The van der Waals surface area contributed by atoms with Crippen molar-refractivity contribution in [2.24, 2.45) is 0 Å². The summed E-state index contributed by atoms with van der Waals surface area (Å²) in [5, 5.41) is 4.55. The van der Waals surface area contributed by atoms with Crippen molar-refractivity contribution in [3.63, 3.8) is 0 Å². The summed E-state index contributed by atoms with van der Waals surface area (Å²) in [6.07, 6.45) is 16.2. The Kier molecular flexibility index (Phi) is 12.3. The summed E-state index contributed by atoms with van der Waals surface area (Å²) in [6.45, 7) is 11.5. The van der Waals surface area contributed by atoms with Crippen LogP contribution in [-0.2, 0) is 24.0 Å². The van der Waals surface area contributed by atoms with Crippen LogP contribution in [0, 0.1) is 0 Å². The maximum atomic E-state index is 5.50. The SMILES string of the molecule is CN1CCN(C2CCCc3c2sc2ccccc32)CC1.c1ccc2c3c(sc2c1)C(N1CCCCC1)CCC3.c1ccc2c3c(sc2c1)C(N1CCOCC1)CCC3. The molecule has 0 amide bonds. The van der Waals surface area contributed by atoms with E-state index in [4.69, 9.17) is 4.74 Å². The minimum atomic E-state index is 0.644. The maximum Gasteiger partial charge on any atom is 0.0594 e. The molecule has 3 unspecified atom stereocenters. The zero-order valence-electron chi connectivity index (χ0n) is 34.6. The molecule has 3 aliphatic carbocycles. The molecule has 6 aromatic rings. The number of benzene rings is 3. The Bertz CT molecular complexity index is 2180. The Morgan fingerprint density at radius 3 is 1.24 bits per heavy atom. The van der Waals surface area contributed by atoms with Crippen LogP contribution in [0.5, 0.6) is 0 Å². The summed E-state index contributed by atoms with van der Waals surface area (Å²) in [7, 11) is 2.24. The van der Waals surface area contributed by atoms with E-state index in [1.807, 2.05) is 22.7 Å². The van der Waals surface area contributed by atoms with Gasteiger partial charge < -0.3 is 9.64 Å². The van der Waals surface area contributed by atoms with Gasteiger partial charge in [-0.2, -0.15) is 0 Å². The highest BCUT2D eigenvalue weighted by Crippen LogP contribution is 2.46. The number of likely N-dealkylation sites (N-methyl/N-ethyl adjacent to an activating group) is 1. The number of fused-ring (bicyclic) bond motifs is 9. The third-order valence-corrected chi connectivity index (χ3v) is 18.0. The standard InChI is InChI=1S/C17H22N2S.C17H21NS.C16H19NOS/c1-18-9-11-19(12-10-18)15-7-4-6-14-13-5-2-3-8-16(13)20-17(14)15;1-4-11-18(12-5-1)15-9-6-8-14-13-7-2-3-10-16(13)19-17(14)15;1-2-7-15-12(4-1)13-5-3-6-14(16(13)19-15)17-8-10-18-11-9-17/h2-3,5,8,15H,4,6-7,9-12H2,1H3;2-3,7,10,15H,1,4-6,8-9,11-12H2;1-2,4,7,14H,3,5-6,8-11H2. The maximum absolute atomic E-state index is 5.50. The lowest BCUT2D eigenvalue weighted by molar-refractivity contribution is 0.0133. The first-order chi connectivity index (χ1) is 28.7. The van der Waals surface area contributed by atoms with Gasteiger partial charge in [0.1, 0.15) is 0 Å². The second-order valence-electron chi connectivity index (χ2n) is 17.6. The molecule has 0 N–H and O–H groups in total. The van der Waals surface area contributed by atoms with Crippen LogP contribution in [-0.4, -0.2) is 92.2 Å². The normalized spacial score (nSPS) is 24.7. The molecule has 5 nitrogen and oxygen atoms in total. The predicted octanol–water partition coefficient (Wildman–Crippen LogP) is 11.9. The molecule has 6 aliphatic rings.